The van der Waals surface area contributed by atoms with Gasteiger partial charge in [0.05, 0.1) is 22.5 Å². The van der Waals surface area contributed by atoms with Gasteiger partial charge in [-0.05, 0) is 42.5 Å². The van der Waals surface area contributed by atoms with Crippen LogP contribution in [0.4, 0.5) is 15.9 Å². The van der Waals surface area contributed by atoms with Crippen LogP contribution in [0.1, 0.15) is 46.4 Å². The van der Waals surface area contributed by atoms with Crippen molar-refractivity contribution in [2.45, 2.75) is 30.1 Å². The van der Waals surface area contributed by atoms with Crippen LogP contribution in [0.5, 0.6) is 0 Å². The van der Waals surface area contributed by atoms with Gasteiger partial charge in [0, 0.05) is 29.4 Å². The highest BCUT2D eigenvalue weighted by Gasteiger charge is 2.27. The average Bonchev–Trinajstić information content (AvgIpc) is 3.15. The Balaban J connectivity index is 1.84. The van der Waals surface area contributed by atoms with Crippen LogP contribution in [0, 0.1) is 5.82 Å². The maximum absolute atomic E-state index is 14.6. The summed E-state index contributed by atoms with van der Waals surface area (Å²) < 4.78 is 15.4. The standard InChI is InChI=1S/C22H21FIN5O/c1-12-3-6-18-19(12)21(27-17-7-8-26-11-15(17)22(30)25-2)29-20(28-18)14-9-13(10-24)4-5-16(14)23/h4-5,7-9,11-12H,3,6,10H2,1-2H3,(H,25,30)(H,26,27,28,29). The van der Waals surface area contributed by atoms with Crippen molar-refractivity contribution >= 4 is 40.0 Å². The van der Waals surface area contributed by atoms with Gasteiger partial charge in [-0.1, -0.05) is 35.6 Å². The molecular weight excluding hydrogens is 496 g/mol. The first-order valence-corrected chi connectivity index (χ1v) is 11.2. The molecule has 2 heterocycles. The van der Waals surface area contributed by atoms with Crippen LogP contribution in [0.2, 0.25) is 0 Å². The SMILES string of the molecule is CNC(=O)c1cnccc1Nc1nc(-c2cc(CI)ccc2F)nc2c1C(C)CC2. The molecule has 2 N–H and O–H groups in total. The van der Waals surface area contributed by atoms with Crippen LogP contribution in [-0.4, -0.2) is 27.9 Å². The van der Waals surface area contributed by atoms with Gasteiger partial charge in [0.1, 0.15) is 11.6 Å². The molecule has 3 aromatic rings. The fourth-order valence-corrected chi connectivity index (χ4v) is 4.19. The molecule has 0 saturated heterocycles. The molecule has 2 aromatic heterocycles. The molecule has 1 aliphatic rings. The molecule has 30 heavy (non-hydrogen) atoms. The summed E-state index contributed by atoms with van der Waals surface area (Å²) in [5.74, 6) is 0.633. The summed E-state index contributed by atoms with van der Waals surface area (Å²) in [6.45, 7) is 2.13. The molecule has 0 spiro atoms. The minimum atomic E-state index is -0.351. The van der Waals surface area contributed by atoms with E-state index in [2.05, 4.69) is 45.1 Å². The number of halogens is 2. The number of nitrogens with one attached hydrogen (secondary N) is 2. The van der Waals surface area contributed by atoms with E-state index >= 15 is 0 Å². The normalized spacial score (nSPS) is 15.0. The molecule has 4 rings (SSSR count). The predicted octanol–water partition coefficient (Wildman–Crippen LogP) is 4.77. The molecule has 6 nitrogen and oxygen atoms in total. The van der Waals surface area contributed by atoms with E-state index in [4.69, 9.17) is 9.97 Å². The Morgan fingerprint density at radius 1 is 1.30 bits per heavy atom. The van der Waals surface area contributed by atoms with Crippen molar-refractivity contribution in [1.29, 1.82) is 0 Å². The van der Waals surface area contributed by atoms with Gasteiger partial charge in [0.15, 0.2) is 5.82 Å². The van der Waals surface area contributed by atoms with E-state index in [1.54, 1.807) is 31.4 Å². The number of carbonyl (C=O) groups is 1. The lowest BCUT2D eigenvalue weighted by Crippen LogP contribution is -2.19. The maximum atomic E-state index is 14.6. The Morgan fingerprint density at radius 3 is 2.90 bits per heavy atom. The fraction of sp³-hybridized carbons (Fsp3) is 0.273. The molecule has 0 bridgehead atoms. The van der Waals surface area contributed by atoms with Gasteiger partial charge in [-0.25, -0.2) is 14.4 Å². The number of anilines is 2. The van der Waals surface area contributed by atoms with Crippen molar-refractivity contribution in [2.24, 2.45) is 0 Å². The molecule has 0 radical (unpaired) electrons. The van der Waals surface area contributed by atoms with Crippen molar-refractivity contribution < 1.29 is 9.18 Å². The summed E-state index contributed by atoms with van der Waals surface area (Å²) in [6, 6.07) is 6.76. The van der Waals surface area contributed by atoms with Crippen LogP contribution in [0.15, 0.2) is 36.7 Å². The lowest BCUT2D eigenvalue weighted by atomic mass is 10.0. The van der Waals surface area contributed by atoms with Gasteiger partial charge in [-0.15, -0.1) is 0 Å². The Kier molecular flexibility index (Phi) is 5.94. The summed E-state index contributed by atoms with van der Waals surface area (Å²) in [5, 5.41) is 5.92. The smallest absolute Gasteiger partial charge is 0.254 e. The molecular formula is C22H21FIN5O. The average molecular weight is 517 g/mol. The molecule has 154 valence electrons. The van der Waals surface area contributed by atoms with E-state index in [1.807, 2.05) is 0 Å². The minimum Gasteiger partial charge on any atom is -0.355 e. The van der Waals surface area contributed by atoms with Crippen molar-refractivity contribution in [3.8, 4) is 11.4 Å². The van der Waals surface area contributed by atoms with Crippen LogP contribution in [0.3, 0.4) is 0 Å². The zero-order valence-corrected chi connectivity index (χ0v) is 18.8. The lowest BCUT2D eigenvalue weighted by molar-refractivity contribution is 0.0963. The molecule has 1 atom stereocenters. The third-order valence-corrected chi connectivity index (χ3v) is 6.18. The highest BCUT2D eigenvalue weighted by atomic mass is 127. The number of pyridine rings is 1. The van der Waals surface area contributed by atoms with Crippen molar-refractivity contribution in [3.63, 3.8) is 0 Å². The van der Waals surface area contributed by atoms with E-state index in [0.29, 0.717) is 28.5 Å². The van der Waals surface area contributed by atoms with E-state index in [9.17, 15) is 9.18 Å². The van der Waals surface area contributed by atoms with Gasteiger partial charge in [-0.2, -0.15) is 0 Å². The highest BCUT2D eigenvalue weighted by Crippen LogP contribution is 2.39. The lowest BCUT2D eigenvalue weighted by Gasteiger charge is -2.16. The summed E-state index contributed by atoms with van der Waals surface area (Å²) in [6.07, 6.45) is 4.89. The molecule has 1 aliphatic carbocycles. The molecule has 0 fully saturated rings. The van der Waals surface area contributed by atoms with Crippen LogP contribution in [-0.2, 0) is 10.8 Å². The number of rotatable bonds is 5. The van der Waals surface area contributed by atoms with E-state index < -0.39 is 0 Å². The van der Waals surface area contributed by atoms with Crippen molar-refractivity contribution in [2.75, 3.05) is 12.4 Å². The van der Waals surface area contributed by atoms with Gasteiger partial charge in [-0.3, -0.25) is 9.78 Å². The quantitative estimate of drug-likeness (QED) is 0.377. The molecule has 1 amide bonds. The van der Waals surface area contributed by atoms with Crippen LogP contribution in [0.25, 0.3) is 11.4 Å². The summed E-state index contributed by atoms with van der Waals surface area (Å²) in [5.41, 5.74) is 4.34. The van der Waals surface area contributed by atoms with Crippen molar-refractivity contribution in [3.05, 3.63) is 64.9 Å². The van der Waals surface area contributed by atoms with Gasteiger partial charge >= 0.3 is 0 Å². The predicted molar refractivity (Wildman–Crippen MR) is 123 cm³/mol. The minimum absolute atomic E-state index is 0.245. The third-order valence-electron chi connectivity index (χ3n) is 5.30. The number of benzene rings is 1. The molecule has 0 saturated carbocycles. The number of amides is 1. The number of aromatic nitrogens is 3. The number of fused-ring (bicyclic) bond motifs is 1. The Morgan fingerprint density at radius 2 is 2.13 bits per heavy atom. The third kappa shape index (κ3) is 3.88. The zero-order valence-electron chi connectivity index (χ0n) is 16.7. The van der Waals surface area contributed by atoms with Crippen LogP contribution < -0.4 is 10.6 Å². The molecule has 0 aliphatic heterocycles. The van der Waals surface area contributed by atoms with E-state index in [-0.39, 0.29) is 17.6 Å². The van der Waals surface area contributed by atoms with E-state index in [0.717, 1.165) is 34.1 Å². The summed E-state index contributed by atoms with van der Waals surface area (Å²) in [4.78, 5) is 25.7. The number of aryl methyl sites for hydroxylation is 1. The number of alkyl halides is 1. The van der Waals surface area contributed by atoms with Gasteiger partial charge < -0.3 is 10.6 Å². The summed E-state index contributed by atoms with van der Waals surface area (Å²) in [7, 11) is 1.57. The fourth-order valence-electron chi connectivity index (χ4n) is 3.71. The monoisotopic (exact) mass is 517 g/mol. The van der Waals surface area contributed by atoms with Gasteiger partial charge in [0.25, 0.3) is 5.91 Å². The van der Waals surface area contributed by atoms with Crippen LogP contribution >= 0.6 is 22.6 Å². The van der Waals surface area contributed by atoms with Gasteiger partial charge in [0.2, 0.25) is 0 Å². The number of carbonyl (C=O) groups excluding carboxylic acids is 1. The largest absolute Gasteiger partial charge is 0.355 e. The Hall–Kier alpha value is -2.62. The number of nitrogens with zero attached hydrogens (tertiary/aromatic N) is 3. The zero-order chi connectivity index (χ0) is 21.3. The molecule has 1 unspecified atom stereocenters. The molecule has 1 aromatic carbocycles. The number of hydrogen-bond donors (Lipinski definition) is 2. The topological polar surface area (TPSA) is 79.8 Å². The second-order valence-electron chi connectivity index (χ2n) is 7.27. The van der Waals surface area contributed by atoms with E-state index in [1.165, 1.54) is 12.3 Å². The summed E-state index contributed by atoms with van der Waals surface area (Å²) >= 11 is 2.25. The number of hydrogen-bond acceptors (Lipinski definition) is 5. The maximum Gasteiger partial charge on any atom is 0.254 e. The van der Waals surface area contributed by atoms with Crippen molar-refractivity contribution in [1.82, 2.24) is 20.3 Å². The first-order chi connectivity index (χ1) is 14.5. The second-order valence-corrected chi connectivity index (χ2v) is 8.03. The Labute approximate surface area is 187 Å². The molecule has 8 heteroatoms. The first kappa shape index (κ1) is 20.6. The first-order valence-electron chi connectivity index (χ1n) is 9.70. The highest BCUT2D eigenvalue weighted by molar-refractivity contribution is 14.1. The Bertz CT molecular complexity index is 1120. The second kappa shape index (κ2) is 8.63.